The fourth-order valence-electron chi connectivity index (χ4n) is 1.38. The molecule has 0 saturated heterocycles. The van der Waals surface area contributed by atoms with Crippen LogP contribution in [0, 0.1) is 11.6 Å². The van der Waals surface area contributed by atoms with Gasteiger partial charge in [0, 0.05) is 17.5 Å². The Balaban J connectivity index is 2.50. The summed E-state index contributed by atoms with van der Waals surface area (Å²) < 4.78 is 25.9. The topological polar surface area (TPSA) is 50.2 Å². The first-order valence-electron chi connectivity index (χ1n) is 4.73. The maximum atomic E-state index is 13.0. The van der Waals surface area contributed by atoms with E-state index in [-0.39, 0.29) is 5.52 Å². The first kappa shape index (κ1) is 11.2. The van der Waals surface area contributed by atoms with Crippen LogP contribution in [0.4, 0.5) is 8.78 Å². The Labute approximate surface area is 95.0 Å². The average Bonchev–Trinajstić information content (AvgIpc) is 2.28. The molecule has 1 N–H and O–H groups in total. The minimum absolute atomic E-state index is 0.274. The lowest BCUT2D eigenvalue weighted by Crippen LogP contribution is -1.90. The molecule has 0 aliphatic rings. The van der Waals surface area contributed by atoms with Gasteiger partial charge in [-0.3, -0.25) is 0 Å². The van der Waals surface area contributed by atoms with E-state index >= 15 is 0 Å². The van der Waals surface area contributed by atoms with Gasteiger partial charge in [-0.2, -0.15) is 0 Å². The van der Waals surface area contributed by atoms with E-state index in [0.717, 1.165) is 18.2 Å². The molecule has 2 rings (SSSR count). The molecule has 1 aromatic heterocycles. The van der Waals surface area contributed by atoms with Gasteiger partial charge < -0.3 is 5.11 Å². The second-order valence-electron chi connectivity index (χ2n) is 3.37. The number of pyridine rings is 1. The van der Waals surface area contributed by atoms with Crippen molar-refractivity contribution in [2.75, 3.05) is 0 Å². The highest BCUT2D eigenvalue weighted by molar-refractivity contribution is 5.86. The molecule has 0 unspecified atom stereocenters. The molecule has 17 heavy (non-hydrogen) atoms. The molecule has 0 saturated carbocycles. The number of fused-ring (bicyclic) bond motifs is 1. The van der Waals surface area contributed by atoms with Crippen molar-refractivity contribution < 1.29 is 18.7 Å². The van der Waals surface area contributed by atoms with Crippen LogP contribution >= 0.6 is 0 Å². The van der Waals surface area contributed by atoms with Crippen LogP contribution in [0.3, 0.4) is 0 Å². The van der Waals surface area contributed by atoms with E-state index in [1.165, 1.54) is 12.1 Å². The van der Waals surface area contributed by atoms with Crippen molar-refractivity contribution in [3.05, 3.63) is 47.7 Å². The van der Waals surface area contributed by atoms with Gasteiger partial charge in [-0.1, -0.05) is 6.07 Å². The number of carboxylic acid groups (broad SMARTS) is 1. The summed E-state index contributed by atoms with van der Waals surface area (Å²) in [4.78, 5) is 14.3. The Morgan fingerprint density at radius 1 is 1.24 bits per heavy atom. The summed E-state index contributed by atoms with van der Waals surface area (Å²) in [5, 5.41) is 8.90. The van der Waals surface area contributed by atoms with Crippen LogP contribution in [0.2, 0.25) is 0 Å². The van der Waals surface area contributed by atoms with Crippen LogP contribution in [0.1, 0.15) is 5.69 Å². The van der Waals surface area contributed by atoms with Crippen LogP contribution in [-0.2, 0) is 4.79 Å². The van der Waals surface area contributed by atoms with Crippen molar-refractivity contribution in [1.29, 1.82) is 0 Å². The highest BCUT2D eigenvalue weighted by atomic mass is 19.2. The summed E-state index contributed by atoms with van der Waals surface area (Å²) in [6.45, 7) is 0. The van der Waals surface area contributed by atoms with Crippen LogP contribution in [-0.4, -0.2) is 16.1 Å². The molecule has 0 atom stereocenters. The molecule has 0 amide bonds. The van der Waals surface area contributed by atoms with Gasteiger partial charge in [-0.25, -0.2) is 18.6 Å². The smallest absolute Gasteiger partial charge is 0.328 e. The Kier molecular flexibility index (Phi) is 2.82. The fourth-order valence-corrected chi connectivity index (χ4v) is 1.38. The van der Waals surface area contributed by atoms with E-state index < -0.39 is 17.6 Å². The van der Waals surface area contributed by atoms with E-state index in [9.17, 15) is 13.6 Å². The second-order valence-corrected chi connectivity index (χ2v) is 3.37. The molecular weight excluding hydrogens is 228 g/mol. The third-order valence-electron chi connectivity index (χ3n) is 2.15. The van der Waals surface area contributed by atoms with Crippen molar-refractivity contribution in [1.82, 2.24) is 4.98 Å². The molecule has 2 aromatic rings. The van der Waals surface area contributed by atoms with Crippen LogP contribution < -0.4 is 0 Å². The summed E-state index contributed by atoms with van der Waals surface area (Å²) in [6, 6.07) is 5.09. The first-order valence-corrected chi connectivity index (χ1v) is 4.73. The Morgan fingerprint density at radius 2 is 1.94 bits per heavy atom. The standard InChI is InChI=1S/C12H7F2NO2/c13-9-5-7-1-2-8(3-4-12(16)17)15-11(7)6-10(9)14/h1-6H,(H,16,17)/b4-3+. The predicted molar refractivity (Wildman–Crippen MR) is 58.3 cm³/mol. The molecule has 5 heteroatoms. The molecule has 86 valence electrons. The zero-order valence-electron chi connectivity index (χ0n) is 8.52. The third kappa shape index (κ3) is 2.44. The van der Waals surface area contributed by atoms with E-state index in [1.54, 1.807) is 6.07 Å². The van der Waals surface area contributed by atoms with Gasteiger partial charge in [0.2, 0.25) is 0 Å². The number of carboxylic acids is 1. The Hall–Kier alpha value is -2.30. The maximum absolute atomic E-state index is 13.0. The van der Waals surface area contributed by atoms with Gasteiger partial charge >= 0.3 is 5.97 Å². The Bertz CT molecular complexity index is 623. The number of nitrogens with zero attached hydrogens (tertiary/aromatic N) is 1. The monoisotopic (exact) mass is 235 g/mol. The average molecular weight is 235 g/mol. The number of halogens is 2. The molecular formula is C12H7F2NO2. The van der Waals surface area contributed by atoms with Crippen LogP contribution in [0.15, 0.2) is 30.3 Å². The van der Waals surface area contributed by atoms with E-state index in [1.807, 2.05) is 0 Å². The van der Waals surface area contributed by atoms with Crippen molar-refractivity contribution >= 4 is 22.9 Å². The van der Waals surface area contributed by atoms with Crippen molar-refractivity contribution in [3.63, 3.8) is 0 Å². The van der Waals surface area contributed by atoms with E-state index in [4.69, 9.17) is 5.11 Å². The molecule has 3 nitrogen and oxygen atoms in total. The van der Waals surface area contributed by atoms with Gasteiger partial charge in [0.1, 0.15) is 0 Å². The number of rotatable bonds is 2. The number of aromatic nitrogens is 1. The summed E-state index contributed by atoms with van der Waals surface area (Å²) in [6.07, 6.45) is 2.21. The summed E-state index contributed by atoms with van der Waals surface area (Å²) >= 11 is 0. The normalized spacial score (nSPS) is 11.2. The quantitative estimate of drug-likeness (QED) is 0.814. The Morgan fingerprint density at radius 3 is 2.65 bits per heavy atom. The van der Waals surface area contributed by atoms with Crippen molar-refractivity contribution in [3.8, 4) is 0 Å². The predicted octanol–water partition coefficient (Wildman–Crippen LogP) is 2.61. The molecule has 0 fully saturated rings. The van der Waals surface area contributed by atoms with Gasteiger partial charge in [-0.15, -0.1) is 0 Å². The maximum Gasteiger partial charge on any atom is 0.328 e. The lowest BCUT2D eigenvalue weighted by molar-refractivity contribution is -0.131. The largest absolute Gasteiger partial charge is 0.478 e. The second kappa shape index (κ2) is 4.29. The summed E-state index contributed by atoms with van der Waals surface area (Å²) in [5.74, 6) is -3.02. The van der Waals surface area contributed by atoms with Crippen LogP contribution in [0.25, 0.3) is 17.0 Å². The van der Waals surface area contributed by atoms with Gasteiger partial charge in [-0.05, 0) is 18.2 Å². The number of benzene rings is 1. The molecule has 0 aliphatic heterocycles. The molecule has 0 aliphatic carbocycles. The molecule has 0 spiro atoms. The summed E-state index contributed by atoms with van der Waals surface area (Å²) in [5.41, 5.74) is 0.641. The number of hydrogen-bond donors (Lipinski definition) is 1. The highest BCUT2D eigenvalue weighted by Gasteiger charge is 2.05. The van der Waals surface area contributed by atoms with E-state index in [2.05, 4.69) is 4.98 Å². The molecule has 1 aromatic carbocycles. The van der Waals surface area contributed by atoms with Crippen molar-refractivity contribution in [2.24, 2.45) is 0 Å². The number of aliphatic carboxylic acids is 1. The SMILES string of the molecule is O=C(O)/C=C/c1ccc2cc(F)c(F)cc2n1. The van der Waals surface area contributed by atoms with E-state index in [0.29, 0.717) is 11.1 Å². The number of hydrogen-bond acceptors (Lipinski definition) is 2. The van der Waals surface area contributed by atoms with Gasteiger partial charge in [0.05, 0.1) is 11.2 Å². The highest BCUT2D eigenvalue weighted by Crippen LogP contribution is 2.17. The number of carbonyl (C=O) groups is 1. The lowest BCUT2D eigenvalue weighted by atomic mass is 10.2. The summed E-state index contributed by atoms with van der Waals surface area (Å²) in [7, 11) is 0. The fraction of sp³-hybridized carbons (Fsp3) is 0. The zero-order valence-corrected chi connectivity index (χ0v) is 8.52. The van der Waals surface area contributed by atoms with Gasteiger partial charge in [0.15, 0.2) is 11.6 Å². The zero-order chi connectivity index (χ0) is 12.4. The van der Waals surface area contributed by atoms with Crippen LogP contribution in [0.5, 0.6) is 0 Å². The molecule has 0 radical (unpaired) electrons. The van der Waals surface area contributed by atoms with Gasteiger partial charge in [0.25, 0.3) is 0 Å². The lowest BCUT2D eigenvalue weighted by Gasteiger charge is -2.00. The molecule has 1 heterocycles. The molecule has 0 bridgehead atoms. The minimum atomic E-state index is -1.10. The van der Waals surface area contributed by atoms with Crippen molar-refractivity contribution in [2.45, 2.75) is 0 Å². The third-order valence-corrected chi connectivity index (χ3v) is 2.15. The minimum Gasteiger partial charge on any atom is -0.478 e. The first-order chi connectivity index (χ1) is 8.06.